The van der Waals surface area contributed by atoms with E-state index in [1.165, 1.54) is 4.90 Å². The Labute approximate surface area is 142 Å². The van der Waals surface area contributed by atoms with Crippen molar-refractivity contribution in [1.82, 2.24) is 19.6 Å². The summed E-state index contributed by atoms with van der Waals surface area (Å²) < 4.78 is 34.2. The molecule has 1 saturated heterocycles. The summed E-state index contributed by atoms with van der Waals surface area (Å²) in [6, 6.07) is 5.20. The van der Waals surface area contributed by atoms with Crippen molar-refractivity contribution in [1.29, 1.82) is 0 Å². The third-order valence-corrected chi connectivity index (χ3v) is 4.01. The Balaban J connectivity index is 1.76. The fourth-order valence-corrected chi connectivity index (χ4v) is 2.85. The molecular weight excluding hydrogens is 330 g/mol. The van der Waals surface area contributed by atoms with Gasteiger partial charge in [-0.1, -0.05) is 0 Å². The molecule has 0 aromatic carbocycles. The van der Waals surface area contributed by atoms with Gasteiger partial charge < -0.3 is 15.4 Å². The Morgan fingerprint density at radius 2 is 2.16 bits per heavy atom. The van der Waals surface area contributed by atoms with Gasteiger partial charge in [-0.05, 0) is 23.8 Å². The Bertz CT molecular complexity index is 913. The first-order chi connectivity index (χ1) is 12.0. The molecule has 1 fully saturated rings. The highest BCUT2D eigenvalue weighted by Gasteiger charge is 2.35. The van der Waals surface area contributed by atoms with Crippen LogP contribution < -0.4 is 10.6 Å². The van der Waals surface area contributed by atoms with Gasteiger partial charge in [0.25, 0.3) is 5.92 Å². The van der Waals surface area contributed by atoms with Gasteiger partial charge in [-0.25, -0.2) is 23.3 Å². The number of aromatic nitrogens is 4. The second-order valence-corrected chi connectivity index (χ2v) is 5.91. The maximum absolute atomic E-state index is 13.8. The minimum Gasteiger partial charge on any atom is -0.384 e. The highest BCUT2D eigenvalue weighted by molar-refractivity contribution is 5.78. The largest absolute Gasteiger partial charge is 0.384 e. The van der Waals surface area contributed by atoms with Gasteiger partial charge in [0.05, 0.1) is 19.3 Å². The number of ether oxygens (including phenoxy) is 1. The van der Waals surface area contributed by atoms with Gasteiger partial charge in [0, 0.05) is 24.5 Å². The lowest BCUT2D eigenvalue weighted by Gasteiger charge is -2.24. The molecule has 0 atom stereocenters. The topological polar surface area (TPSA) is 81.6 Å². The molecule has 25 heavy (non-hydrogen) atoms. The molecule has 0 amide bonds. The number of nitrogen functional groups attached to an aromatic ring is 1. The molecule has 7 nitrogen and oxygen atoms in total. The number of halogens is 2. The quantitative estimate of drug-likeness (QED) is 0.763. The maximum atomic E-state index is 13.8. The van der Waals surface area contributed by atoms with E-state index in [1.807, 2.05) is 0 Å². The van der Waals surface area contributed by atoms with Gasteiger partial charge in [0.1, 0.15) is 18.2 Å². The summed E-state index contributed by atoms with van der Waals surface area (Å²) in [4.78, 5) is 10.1. The van der Waals surface area contributed by atoms with Gasteiger partial charge in [-0.3, -0.25) is 0 Å². The van der Waals surface area contributed by atoms with Gasteiger partial charge in [-0.15, -0.1) is 0 Å². The first-order valence-electron chi connectivity index (χ1n) is 7.79. The van der Waals surface area contributed by atoms with Crippen LogP contribution in [0.25, 0.3) is 16.8 Å². The summed E-state index contributed by atoms with van der Waals surface area (Å²) in [5.74, 6) is -2.06. The standard InChI is InChI=1S/C16H16F2N6O/c17-16(18)9-23(5-6-25-10-16)14-2-4-24-15(22-14)12(8-21-24)11-1-3-20-13(19)7-11/h1-4,7-8H,5-6,9-10H2,(H2,19,20). The molecule has 130 valence electrons. The molecular formula is C16H16F2N6O. The predicted molar refractivity (Wildman–Crippen MR) is 88.6 cm³/mol. The van der Waals surface area contributed by atoms with Crippen LogP contribution in [0.5, 0.6) is 0 Å². The highest BCUT2D eigenvalue weighted by atomic mass is 19.3. The van der Waals surface area contributed by atoms with Crippen molar-refractivity contribution in [3.63, 3.8) is 0 Å². The van der Waals surface area contributed by atoms with Gasteiger partial charge >= 0.3 is 0 Å². The summed E-state index contributed by atoms with van der Waals surface area (Å²) in [6.45, 7) is -0.415. The number of hydrogen-bond acceptors (Lipinski definition) is 6. The molecule has 0 saturated carbocycles. The lowest BCUT2D eigenvalue weighted by Crippen LogP contribution is -2.37. The van der Waals surface area contributed by atoms with E-state index in [1.54, 1.807) is 41.3 Å². The average molecular weight is 346 g/mol. The fourth-order valence-electron chi connectivity index (χ4n) is 2.85. The van der Waals surface area contributed by atoms with Crippen molar-refractivity contribution in [3.8, 4) is 11.1 Å². The number of rotatable bonds is 2. The Kier molecular flexibility index (Phi) is 3.72. The van der Waals surface area contributed by atoms with Crippen molar-refractivity contribution in [2.45, 2.75) is 5.92 Å². The smallest absolute Gasteiger partial charge is 0.288 e. The van der Waals surface area contributed by atoms with Crippen LogP contribution >= 0.6 is 0 Å². The van der Waals surface area contributed by atoms with Crippen LogP contribution in [0.2, 0.25) is 0 Å². The molecule has 1 aliphatic rings. The fraction of sp³-hybridized carbons (Fsp3) is 0.312. The maximum Gasteiger partial charge on any atom is 0.288 e. The zero-order chi connectivity index (χ0) is 17.4. The van der Waals surface area contributed by atoms with E-state index >= 15 is 0 Å². The number of nitrogens with two attached hydrogens (primary N) is 1. The zero-order valence-corrected chi connectivity index (χ0v) is 13.3. The molecule has 0 bridgehead atoms. The molecule has 0 radical (unpaired) electrons. The van der Waals surface area contributed by atoms with E-state index in [4.69, 9.17) is 10.5 Å². The van der Waals surface area contributed by atoms with E-state index in [9.17, 15) is 8.78 Å². The van der Waals surface area contributed by atoms with Gasteiger partial charge in [-0.2, -0.15) is 5.10 Å². The molecule has 3 aromatic heterocycles. The zero-order valence-electron chi connectivity index (χ0n) is 13.3. The average Bonchev–Trinajstić information content (AvgIpc) is 2.91. The summed E-state index contributed by atoms with van der Waals surface area (Å²) in [5, 5.41) is 4.26. The normalized spacial score (nSPS) is 17.6. The number of alkyl halides is 2. The summed E-state index contributed by atoms with van der Waals surface area (Å²) in [6.07, 6.45) is 4.97. The summed E-state index contributed by atoms with van der Waals surface area (Å²) >= 11 is 0. The van der Waals surface area contributed by atoms with Crippen molar-refractivity contribution < 1.29 is 13.5 Å². The molecule has 2 N–H and O–H groups in total. The first kappa shape index (κ1) is 15.7. The van der Waals surface area contributed by atoms with Crippen LogP contribution in [0.3, 0.4) is 0 Å². The van der Waals surface area contributed by atoms with Crippen molar-refractivity contribution in [3.05, 3.63) is 36.8 Å². The van der Waals surface area contributed by atoms with Crippen LogP contribution in [-0.2, 0) is 4.74 Å². The second kappa shape index (κ2) is 5.92. The lowest BCUT2D eigenvalue weighted by atomic mass is 10.1. The van der Waals surface area contributed by atoms with Gasteiger partial charge in [0.15, 0.2) is 5.65 Å². The highest BCUT2D eigenvalue weighted by Crippen LogP contribution is 2.27. The molecule has 0 spiro atoms. The van der Waals surface area contributed by atoms with E-state index in [0.717, 1.165) is 11.1 Å². The van der Waals surface area contributed by atoms with E-state index in [2.05, 4.69) is 15.1 Å². The van der Waals surface area contributed by atoms with Crippen molar-refractivity contribution in [2.24, 2.45) is 0 Å². The number of nitrogens with zero attached hydrogens (tertiary/aromatic N) is 5. The van der Waals surface area contributed by atoms with Crippen LogP contribution in [0, 0.1) is 0 Å². The van der Waals surface area contributed by atoms with Gasteiger partial charge in [0.2, 0.25) is 0 Å². The molecule has 1 aliphatic heterocycles. The van der Waals surface area contributed by atoms with Crippen molar-refractivity contribution >= 4 is 17.3 Å². The van der Waals surface area contributed by atoms with Crippen LogP contribution in [0.4, 0.5) is 20.4 Å². The first-order valence-corrected chi connectivity index (χ1v) is 7.79. The number of pyridine rings is 1. The van der Waals surface area contributed by atoms with E-state index < -0.39 is 19.1 Å². The minimum absolute atomic E-state index is 0.232. The molecule has 4 rings (SSSR count). The monoisotopic (exact) mass is 346 g/mol. The van der Waals surface area contributed by atoms with Crippen LogP contribution in [0.1, 0.15) is 0 Å². The van der Waals surface area contributed by atoms with Crippen LogP contribution in [0.15, 0.2) is 36.8 Å². The number of anilines is 2. The summed E-state index contributed by atoms with van der Waals surface area (Å²) in [5.41, 5.74) is 7.88. The molecule has 3 aromatic rings. The van der Waals surface area contributed by atoms with E-state index in [-0.39, 0.29) is 6.61 Å². The Morgan fingerprint density at radius 3 is 3.00 bits per heavy atom. The Morgan fingerprint density at radius 1 is 1.28 bits per heavy atom. The van der Waals surface area contributed by atoms with E-state index in [0.29, 0.717) is 23.8 Å². The second-order valence-electron chi connectivity index (χ2n) is 5.91. The Hall–Kier alpha value is -2.81. The third kappa shape index (κ3) is 3.10. The molecule has 4 heterocycles. The molecule has 0 aliphatic carbocycles. The van der Waals surface area contributed by atoms with Crippen molar-refractivity contribution in [2.75, 3.05) is 36.9 Å². The third-order valence-electron chi connectivity index (χ3n) is 4.01. The molecule has 0 unspecified atom stereocenters. The lowest BCUT2D eigenvalue weighted by molar-refractivity contribution is -0.0564. The minimum atomic E-state index is -2.91. The van der Waals surface area contributed by atoms with Crippen LogP contribution in [-0.4, -0.2) is 51.8 Å². The molecule has 9 heteroatoms. The predicted octanol–water partition coefficient (Wildman–Crippen LogP) is 1.85. The number of fused-ring (bicyclic) bond motifs is 1. The summed E-state index contributed by atoms with van der Waals surface area (Å²) in [7, 11) is 0. The SMILES string of the molecule is Nc1cc(-c2cnn3ccc(N4CCOCC(F)(F)C4)nc23)ccn1. The number of hydrogen-bond donors (Lipinski definition) is 1.